The lowest BCUT2D eigenvalue weighted by Crippen LogP contribution is -2.06. The molecule has 19 heavy (non-hydrogen) atoms. The number of halogens is 1. The van der Waals surface area contributed by atoms with Crippen molar-refractivity contribution < 1.29 is 4.39 Å². The lowest BCUT2D eigenvalue weighted by molar-refractivity contribution is 0.605. The first-order valence-corrected chi connectivity index (χ1v) is 6.39. The Kier molecular flexibility index (Phi) is 3.74. The quantitative estimate of drug-likeness (QED) is 0.888. The van der Waals surface area contributed by atoms with E-state index in [9.17, 15) is 4.39 Å². The van der Waals surface area contributed by atoms with E-state index >= 15 is 0 Å². The maximum absolute atomic E-state index is 13.1. The smallest absolute Gasteiger partial charge is 0.152 e. The Balaban J connectivity index is 2.37. The highest BCUT2D eigenvalue weighted by molar-refractivity contribution is 5.72. The van der Waals surface area contributed by atoms with E-state index in [4.69, 9.17) is 5.73 Å². The molecule has 0 fully saturated rings. The van der Waals surface area contributed by atoms with Crippen LogP contribution in [-0.4, -0.2) is 9.78 Å². The number of anilines is 3. The summed E-state index contributed by atoms with van der Waals surface area (Å²) in [5.41, 5.74) is 9.15. The number of nitrogens with two attached hydrogens (primary N) is 1. The van der Waals surface area contributed by atoms with Crippen molar-refractivity contribution in [3.63, 3.8) is 0 Å². The van der Waals surface area contributed by atoms with Crippen LogP contribution in [-0.2, 0) is 6.54 Å². The fourth-order valence-electron chi connectivity index (χ4n) is 2.00. The van der Waals surface area contributed by atoms with Crippen LogP contribution < -0.4 is 11.1 Å². The van der Waals surface area contributed by atoms with E-state index in [1.807, 2.05) is 18.5 Å². The van der Waals surface area contributed by atoms with Gasteiger partial charge in [-0.1, -0.05) is 6.92 Å². The van der Waals surface area contributed by atoms with Gasteiger partial charge in [0.25, 0.3) is 0 Å². The second-order valence-corrected chi connectivity index (χ2v) is 4.66. The maximum Gasteiger partial charge on any atom is 0.152 e. The fourth-order valence-corrected chi connectivity index (χ4v) is 2.00. The van der Waals surface area contributed by atoms with Crippen LogP contribution in [0.3, 0.4) is 0 Å². The molecule has 0 aliphatic heterocycles. The predicted octanol–water partition coefficient (Wildman–Crippen LogP) is 3.37. The van der Waals surface area contributed by atoms with Crippen LogP contribution >= 0.6 is 0 Å². The summed E-state index contributed by atoms with van der Waals surface area (Å²) in [6.07, 6.45) is 0.970. The van der Waals surface area contributed by atoms with Gasteiger partial charge in [0, 0.05) is 12.2 Å². The summed E-state index contributed by atoms with van der Waals surface area (Å²) < 4.78 is 15.0. The van der Waals surface area contributed by atoms with Crippen LogP contribution in [0.25, 0.3) is 0 Å². The standard InChI is InChI=1S/C14H19FN4/c1-4-7-19-14(13(16)10(3)18-19)17-12-6-5-11(15)8-9(12)2/h5-6,8,17H,4,7,16H2,1-3H3. The van der Waals surface area contributed by atoms with Crippen molar-refractivity contribution in [2.24, 2.45) is 0 Å². The number of aromatic nitrogens is 2. The normalized spacial score (nSPS) is 10.7. The average molecular weight is 262 g/mol. The molecule has 5 heteroatoms. The molecule has 1 heterocycles. The third-order valence-corrected chi connectivity index (χ3v) is 3.05. The number of benzene rings is 1. The first kappa shape index (κ1) is 13.4. The van der Waals surface area contributed by atoms with Crippen molar-refractivity contribution in [2.75, 3.05) is 11.1 Å². The van der Waals surface area contributed by atoms with Crippen molar-refractivity contribution in [1.82, 2.24) is 9.78 Å². The number of nitrogens with one attached hydrogen (secondary N) is 1. The lowest BCUT2D eigenvalue weighted by atomic mass is 10.2. The second-order valence-electron chi connectivity index (χ2n) is 4.66. The fraction of sp³-hybridized carbons (Fsp3) is 0.357. The Morgan fingerprint density at radius 1 is 1.37 bits per heavy atom. The number of rotatable bonds is 4. The van der Waals surface area contributed by atoms with Gasteiger partial charge in [0.05, 0.1) is 11.4 Å². The van der Waals surface area contributed by atoms with Crippen LogP contribution in [0.2, 0.25) is 0 Å². The molecule has 102 valence electrons. The summed E-state index contributed by atoms with van der Waals surface area (Å²) in [7, 11) is 0. The Labute approximate surface area is 112 Å². The number of hydrogen-bond donors (Lipinski definition) is 2. The number of nitrogen functional groups attached to an aromatic ring is 1. The second kappa shape index (κ2) is 5.30. The van der Waals surface area contributed by atoms with Gasteiger partial charge in [0.2, 0.25) is 0 Å². The van der Waals surface area contributed by atoms with Gasteiger partial charge in [-0.2, -0.15) is 5.10 Å². The molecule has 2 aromatic rings. The highest BCUT2D eigenvalue weighted by atomic mass is 19.1. The Hall–Kier alpha value is -2.04. The molecule has 0 saturated heterocycles. The van der Waals surface area contributed by atoms with Crippen LogP contribution in [0.4, 0.5) is 21.6 Å². The van der Waals surface area contributed by atoms with E-state index < -0.39 is 0 Å². The molecule has 1 aromatic carbocycles. The third kappa shape index (κ3) is 2.70. The number of hydrogen-bond acceptors (Lipinski definition) is 3. The van der Waals surface area contributed by atoms with Gasteiger partial charge in [-0.3, -0.25) is 0 Å². The molecule has 2 rings (SSSR count). The van der Waals surface area contributed by atoms with Crippen molar-refractivity contribution in [3.05, 3.63) is 35.3 Å². The molecule has 3 N–H and O–H groups in total. The molecule has 0 radical (unpaired) electrons. The van der Waals surface area contributed by atoms with E-state index in [0.717, 1.165) is 35.7 Å². The van der Waals surface area contributed by atoms with Crippen molar-refractivity contribution in [1.29, 1.82) is 0 Å². The molecule has 0 bridgehead atoms. The first-order chi connectivity index (χ1) is 9.02. The molecule has 4 nitrogen and oxygen atoms in total. The van der Waals surface area contributed by atoms with E-state index in [1.54, 1.807) is 6.07 Å². The minimum absolute atomic E-state index is 0.241. The summed E-state index contributed by atoms with van der Waals surface area (Å²) in [5.74, 6) is 0.531. The van der Waals surface area contributed by atoms with Gasteiger partial charge < -0.3 is 11.1 Å². The monoisotopic (exact) mass is 262 g/mol. The molecule has 0 spiro atoms. The minimum Gasteiger partial charge on any atom is -0.394 e. The molecule has 0 unspecified atom stereocenters. The molecular weight excluding hydrogens is 243 g/mol. The topological polar surface area (TPSA) is 55.9 Å². The first-order valence-electron chi connectivity index (χ1n) is 6.39. The van der Waals surface area contributed by atoms with Crippen LogP contribution in [0.15, 0.2) is 18.2 Å². The van der Waals surface area contributed by atoms with E-state index in [1.165, 1.54) is 12.1 Å². The summed E-state index contributed by atoms with van der Waals surface area (Å²) in [6, 6.07) is 4.63. The van der Waals surface area contributed by atoms with Gasteiger partial charge in [-0.25, -0.2) is 9.07 Å². The third-order valence-electron chi connectivity index (χ3n) is 3.05. The molecule has 0 aliphatic carbocycles. The van der Waals surface area contributed by atoms with Crippen molar-refractivity contribution >= 4 is 17.2 Å². The van der Waals surface area contributed by atoms with Crippen LogP contribution in [0.1, 0.15) is 24.6 Å². The van der Waals surface area contributed by atoms with Crippen molar-refractivity contribution in [2.45, 2.75) is 33.7 Å². The zero-order valence-electron chi connectivity index (χ0n) is 11.5. The highest BCUT2D eigenvalue weighted by Gasteiger charge is 2.13. The molecule has 0 atom stereocenters. The highest BCUT2D eigenvalue weighted by Crippen LogP contribution is 2.28. The zero-order chi connectivity index (χ0) is 14.0. The molecule has 0 aliphatic rings. The average Bonchev–Trinajstić information content (AvgIpc) is 2.61. The summed E-state index contributed by atoms with van der Waals surface area (Å²) >= 11 is 0. The predicted molar refractivity (Wildman–Crippen MR) is 76.1 cm³/mol. The summed E-state index contributed by atoms with van der Waals surface area (Å²) in [4.78, 5) is 0. The zero-order valence-corrected chi connectivity index (χ0v) is 11.5. The van der Waals surface area contributed by atoms with Gasteiger partial charge in [-0.15, -0.1) is 0 Å². The van der Waals surface area contributed by atoms with Crippen molar-refractivity contribution in [3.8, 4) is 0 Å². The molecular formula is C14H19FN4. The van der Waals surface area contributed by atoms with Gasteiger partial charge in [0.1, 0.15) is 5.82 Å². The number of nitrogens with zero attached hydrogens (tertiary/aromatic N) is 2. The molecule has 0 saturated carbocycles. The van der Waals surface area contributed by atoms with Crippen LogP contribution in [0.5, 0.6) is 0 Å². The SMILES string of the molecule is CCCn1nc(C)c(N)c1Nc1ccc(F)cc1C. The molecule has 1 aromatic heterocycles. The Bertz CT molecular complexity index is 589. The van der Waals surface area contributed by atoms with Gasteiger partial charge in [0.15, 0.2) is 5.82 Å². The summed E-state index contributed by atoms with van der Waals surface area (Å²) in [6.45, 7) is 6.61. The van der Waals surface area contributed by atoms with Gasteiger partial charge in [-0.05, 0) is 44.0 Å². The maximum atomic E-state index is 13.1. The largest absolute Gasteiger partial charge is 0.394 e. The summed E-state index contributed by atoms with van der Waals surface area (Å²) in [5, 5.41) is 7.65. The minimum atomic E-state index is -0.241. The van der Waals surface area contributed by atoms with Gasteiger partial charge >= 0.3 is 0 Å². The lowest BCUT2D eigenvalue weighted by Gasteiger charge is -2.12. The van der Waals surface area contributed by atoms with E-state index in [2.05, 4.69) is 17.3 Å². The number of aryl methyl sites for hydroxylation is 3. The van der Waals surface area contributed by atoms with E-state index in [-0.39, 0.29) is 5.82 Å². The van der Waals surface area contributed by atoms with Crippen LogP contribution in [0, 0.1) is 19.7 Å². The Morgan fingerprint density at radius 2 is 2.11 bits per heavy atom. The Morgan fingerprint density at radius 3 is 2.74 bits per heavy atom. The molecule has 0 amide bonds. The van der Waals surface area contributed by atoms with E-state index in [0.29, 0.717) is 5.69 Å².